The molecule has 7 heteroatoms. The minimum Gasteiger partial charge on any atom is -0.463 e. The average molecular weight is 393 g/mol. The Balaban J connectivity index is 2.26. The fraction of sp³-hybridized carbons (Fsp3) is 0.429. The SMILES string of the molecule is CCOC(=O)C1=C(C)NC2=C(C(=O)CC(C)(C)C2)C1c1ccc(F)c(F)c1F. The van der Waals surface area contributed by atoms with Crippen LogP contribution in [-0.4, -0.2) is 18.4 Å². The van der Waals surface area contributed by atoms with Crippen molar-refractivity contribution in [1.29, 1.82) is 0 Å². The van der Waals surface area contributed by atoms with Crippen LogP contribution < -0.4 is 5.32 Å². The van der Waals surface area contributed by atoms with E-state index in [-0.39, 0.29) is 40.9 Å². The van der Waals surface area contributed by atoms with E-state index in [1.54, 1.807) is 13.8 Å². The Morgan fingerprint density at radius 1 is 1.21 bits per heavy atom. The molecular weight excluding hydrogens is 371 g/mol. The van der Waals surface area contributed by atoms with Gasteiger partial charge in [-0.05, 0) is 31.7 Å². The van der Waals surface area contributed by atoms with Gasteiger partial charge in [-0.3, -0.25) is 4.79 Å². The maximum absolute atomic E-state index is 14.7. The van der Waals surface area contributed by atoms with E-state index in [1.165, 1.54) is 0 Å². The summed E-state index contributed by atoms with van der Waals surface area (Å²) in [6.45, 7) is 7.19. The Morgan fingerprint density at radius 3 is 2.54 bits per heavy atom. The van der Waals surface area contributed by atoms with E-state index >= 15 is 0 Å². The highest BCUT2D eigenvalue weighted by Gasteiger charge is 2.44. The third-order valence-electron chi connectivity index (χ3n) is 5.11. The zero-order chi connectivity index (χ0) is 20.8. The van der Waals surface area contributed by atoms with Gasteiger partial charge in [-0.25, -0.2) is 18.0 Å². The third kappa shape index (κ3) is 3.34. The first kappa shape index (κ1) is 20.2. The average Bonchev–Trinajstić information content (AvgIpc) is 2.57. The third-order valence-corrected chi connectivity index (χ3v) is 5.11. The van der Waals surface area contributed by atoms with Gasteiger partial charge in [-0.1, -0.05) is 19.9 Å². The molecule has 3 rings (SSSR count). The van der Waals surface area contributed by atoms with Crippen LogP contribution in [0.4, 0.5) is 13.2 Å². The second-order valence-corrected chi connectivity index (χ2v) is 7.91. The molecule has 0 radical (unpaired) electrons. The number of Topliss-reactive ketones (excluding diaryl/α,β-unsaturated/α-hetero) is 1. The van der Waals surface area contributed by atoms with Gasteiger partial charge in [0.1, 0.15) is 0 Å². The number of hydrogen-bond acceptors (Lipinski definition) is 4. The first-order valence-electron chi connectivity index (χ1n) is 9.12. The van der Waals surface area contributed by atoms with E-state index in [1.807, 2.05) is 13.8 Å². The Hall–Kier alpha value is -2.57. The first-order valence-corrected chi connectivity index (χ1v) is 9.12. The molecular formula is C21H22F3NO3. The molecule has 1 heterocycles. The summed E-state index contributed by atoms with van der Waals surface area (Å²) in [7, 11) is 0. The quantitative estimate of drug-likeness (QED) is 0.616. The number of benzene rings is 1. The lowest BCUT2D eigenvalue weighted by atomic mass is 9.68. The van der Waals surface area contributed by atoms with Gasteiger partial charge in [-0.15, -0.1) is 0 Å². The minimum atomic E-state index is -1.64. The zero-order valence-electron chi connectivity index (χ0n) is 16.2. The van der Waals surface area contributed by atoms with Gasteiger partial charge < -0.3 is 10.1 Å². The molecule has 0 aromatic heterocycles. The Labute approximate surface area is 161 Å². The lowest BCUT2D eigenvalue weighted by Gasteiger charge is -2.39. The number of dihydropyridines is 1. The summed E-state index contributed by atoms with van der Waals surface area (Å²) >= 11 is 0. The van der Waals surface area contributed by atoms with Crippen LogP contribution in [0.5, 0.6) is 0 Å². The van der Waals surface area contributed by atoms with Crippen LogP contribution in [0.2, 0.25) is 0 Å². The maximum Gasteiger partial charge on any atom is 0.336 e. The number of hydrogen-bond donors (Lipinski definition) is 1. The van der Waals surface area contributed by atoms with Crippen molar-refractivity contribution in [3.05, 3.63) is 57.7 Å². The summed E-state index contributed by atoms with van der Waals surface area (Å²) < 4.78 is 47.2. The highest BCUT2D eigenvalue weighted by atomic mass is 19.2. The number of rotatable bonds is 3. The fourth-order valence-electron chi connectivity index (χ4n) is 3.99. The molecule has 28 heavy (non-hydrogen) atoms. The molecule has 150 valence electrons. The number of carbonyl (C=O) groups is 2. The molecule has 0 saturated carbocycles. The molecule has 0 fully saturated rings. The largest absolute Gasteiger partial charge is 0.463 e. The van der Waals surface area contributed by atoms with Crippen molar-refractivity contribution >= 4 is 11.8 Å². The number of ketones is 1. The van der Waals surface area contributed by atoms with E-state index in [9.17, 15) is 22.8 Å². The molecule has 1 aliphatic heterocycles. The summed E-state index contributed by atoms with van der Waals surface area (Å²) in [5.74, 6) is -6.53. The number of nitrogens with one attached hydrogen (secondary N) is 1. The Morgan fingerprint density at radius 2 is 1.89 bits per heavy atom. The number of carbonyl (C=O) groups excluding carboxylic acids is 2. The summed E-state index contributed by atoms with van der Waals surface area (Å²) in [5.41, 5.74) is 0.625. The van der Waals surface area contributed by atoms with Crippen molar-refractivity contribution in [3.63, 3.8) is 0 Å². The summed E-state index contributed by atoms with van der Waals surface area (Å²) in [6, 6.07) is 1.87. The van der Waals surface area contributed by atoms with Crippen LogP contribution >= 0.6 is 0 Å². The highest BCUT2D eigenvalue weighted by Crippen LogP contribution is 2.47. The molecule has 1 aliphatic carbocycles. The molecule has 1 N–H and O–H groups in total. The first-order chi connectivity index (χ1) is 13.1. The van der Waals surface area contributed by atoms with Gasteiger partial charge in [0.25, 0.3) is 0 Å². The lowest BCUT2D eigenvalue weighted by molar-refractivity contribution is -0.138. The van der Waals surface area contributed by atoms with Crippen LogP contribution in [0, 0.1) is 22.9 Å². The van der Waals surface area contributed by atoms with Crippen molar-refractivity contribution in [3.8, 4) is 0 Å². The van der Waals surface area contributed by atoms with Gasteiger partial charge in [-0.2, -0.15) is 0 Å². The standard InChI is InChI=1S/C21H22F3NO3/c1-5-28-20(27)15-10(2)25-13-8-21(3,4)9-14(26)17(13)16(15)11-6-7-12(22)19(24)18(11)23/h6-7,16,25H,5,8-9H2,1-4H3. The van der Waals surface area contributed by atoms with E-state index in [0.29, 0.717) is 17.8 Å². The zero-order valence-corrected chi connectivity index (χ0v) is 16.2. The van der Waals surface area contributed by atoms with Gasteiger partial charge in [0, 0.05) is 29.0 Å². The number of halogens is 3. The molecule has 1 unspecified atom stereocenters. The number of allylic oxidation sites excluding steroid dienone is 3. The molecule has 0 bridgehead atoms. The van der Waals surface area contributed by atoms with Crippen molar-refractivity contribution in [1.82, 2.24) is 5.32 Å². The second kappa shape index (κ2) is 7.11. The number of esters is 1. The summed E-state index contributed by atoms with van der Waals surface area (Å²) in [6.07, 6.45) is 0.702. The Bertz CT molecular complexity index is 931. The summed E-state index contributed by atoms with van der Waals surface area (Å²) in [5, 5.41) is 3.09. The van der Waals surface area contributed by atoms with Crippen LogP contribution in [0.15, 0.2) is 34.7 Å². The predicted molar refractivity (Wildman–Crippen MR) is 96.6 cm³/mol. The second-order valence-electron chi connectivity index (χ2n) is 7.91. The van der Waals surface area contributed by atoms with Gasteiger partial charge >= 0.3 is 5.97 Å². The molecule has 0 amide bonds. The molecule has 0 spiro atoms. The van der Waals surface area contributed by atoms with Gasteiger partial charge in [0.05, 0.1) is 18.1 Å². The van der Waals surface area contributed by atoms with Crippen LogP contribution in [-0.2, 0) is 14.3 Å². The van der Waals surface area contributed by atoms with Crippen molar-refractivity contribution in [2.24, 2.45) is 5.41 Å². The summed E-state index contributed by atoms with van der Waals surface area (Å²) in [4.78, 5) is 25.6. The van der Waals surface area contributed by atoms with Crippen molar-refractivity contribution < 1.29 is 27.5 Å². The maximum atomic E-state index is 14.7. The van der Waals surface area contributed by atoms with E-state index in [2.05, 4.69) is 5.32 Å². The fourth-order valence-corrected chi connectivity index (χ4v) is 3.99. The van der Waals surface area contributed by atoms with Crippen molar-refractivity contribution in [2.75, 3.05) is 6.61 Å². The molecule has 2 aliphatic rings. The van der Waals surface area contributed by atoms with Crippen LogP contribution in [0.3, 0.4) is 0 Å². The molecule has 4 nitrogen and oxygen atoms in total. The van der Waals surface area contributed by atoms with Crippen molar-refractivity contribution in [2.45, 2.75) is 46.5 Å². The lowest BCUT2D eigenvalue weighted by Crippen LogP contribution is -2.39. The molecule has 0 saturated heterocycles. The highest BCUT2D eigenvalue weighted by molar-refractivity contribution is 6.04. The number of ether oxygens (including phenoxy) is 1. The predicted octanol–water partition coefficient (Wildman–Crippen LogP) is 4.27. The smallest absolute Gasteiger partial charge is 0.336 e. The topological polar surface area (TPSA) is 55.4 Å². The molecule has 1 aromatic rings. The Kier molecular flexibility index (Phi) is 5.12. The van der Waals surface area contributed by atoms with Gasteiger partial charge in [0.15, 0.2) is 23.2 Å². The molecule has 1 aromatic carbocycles. The van der Waals surface area contributed by atoms with E-state index < -0.39 is 29.3 Å². The molecule has 1 atom stereocenters. The monoisotopic (exact) mass is 393 g/mol. The van der Waals surface area contributed by atoms with Crippen LogP contribution in [0.25, 0.3) is 0 Å². The van der Waals surface area contributed by atoms with Crippen LogP contribution in [0.1, 0.15) is 52.0 Å². The van der Waals surface area contributed by atoms with Gasteiger partial charge in [0.2, 0.25) is 0 Å². The minimum absolute atomic E-state index is 0.0264. The van der Waals surface area contributed by atoms with E-state index in [4.69, 9.17) is 4.74 Å². The van der Waals surface area contributed by atoms with E-state index in [0.717, 1.165) is 12.1 Å². The normalized spacial score (nSPS) is 21.4.